The molecule has 1 heterocycles. The zero-order valence-electron chi connectivity index (χ0n) is 13.3. The third kappa shape index (κ3) is 2.62. The van der Waals surface area contributed by atoms with Gasteiger partial charge in [0.2, 0.25) is 0 Å². The molecule has 0 saturated carbocycles. The monoisotopic (exact) mass is 324 g/mol. The third-order valence-electron chi connectivity index (χ3n) is 3.82. The van der Waals surface area contributed by atoms with Gasteiger partial charge in [0.1, 0.15) is 11.3 Å². The lowest BCUT2D eigenvalue weighted by molar-refractivity contribution is -0.129. The molecule has 0 spiro atoms. The van der Waals surface area contributed by atoms with E-state index in [4.69, 9.17) is 4.74 Å². The Morgan fingerprint density at radius 1 is 1.12 bits per heavy atom. The molecule has 0 bridgehead atoms. The van der Waals surface area contributed by atoms with Gasteiger partial charge < -0.3 is 4.74 Å². The van der Waals surface area contributed by atoms with Crippen molar-refractivity contribution in [2.75, 3.05) is 13.7 Å². The average Bonchev–Trinajstić information content (AvgIpc) is 2.58. The number of benzene rings is 2. The Kier molecular flexibility index (Phi) is 4.04. The van der Waals surface area contributed by atoms with E-state index in [2.05, 4.69) is 5.32 Å². The zero-order chi connectivity index (χ0) is 17.3. The van der Waals surface area contributed by atoms with Crippen molar-refractivity contribution in [1.29, 1.82) is 0 Å². The molecule has 0 unspecified atom stereocenters. The summed E-state index contributed by atoms with van der Waals surface area (Å²) in [5.74, 6) is -0.776. The smallest absolute Gasteiger partial charge is 0.331 e. The first-order chi connectivity index (χ1) is 11.5. The van der Waals surface area contributed by atoms with E-state index in [1.165, 1.54) is 13.1 Å². The number of hydrogen-bond acceptors (Lipinski definition) is 4. The van der Waals surface area contributed by atoms with Crippen LogP contribution < -0.4 is 10.1 Å². The maximum atomic E-state index is 12.3. The van der Waals surface area contributed by atoms with Gasteiger partial charge >= 0.3 is 6.03 Å². The summed E-state index contributed by atoms with van der Waals surface area (Å²) >= 11 is 0. The van der Waals surface area contributed by atoms with Gasteiger partial charge in [-0.05, 0) is 29.8 Å². The highest BCUT2D eigenvalue weighted by Crippen LogP contribution is 2.31. The Morgan fingerprint density at radius 3 is 2.62 bits per heavy atom. The number of likely N-dealkylation sites (N-methyl/N-ethyl adjacent to an activating group) is 1. The summed E-state index contributed by atoms with van der Waals surface area (Å²) in [5, 5.41) is 3.96. The summed E-state index contributed by atoms with van der Waals surface area (Å²) in [6, 6.07) is 10.6. The molecule has 0 atom stereocenters. The van der Waals surface area contributed by atoms with Crippen molar-refractivity contribution in [3.63, 3.8) is 0 Å². The number of amides is 4. The van der Waals surface area contributed by atoms with Crippen molar-refractivity contribution in [3.8, 4) is 5.75 Å². The molecule has 6 heteroatoms. The fraction of sp³-hybridized carbons (Fsp3) is 0.167. The number of nitrogens with zero attached hydrogens (tertiary/aromatic N) is 1. The summed E-state index contributed by atoms with van der Waals surface area (Å²) in [6.07, 6.45) is 1.48. The number of urea groups is 1. The molecule has 2 aromatic carbocycles. The zero-order valence-corrected chi connectivity index (χ0v) is 13.3. The maximum Gasteiger partial charge on any atom is 0.331 e. The molecule has 1 aliphatic heterocycles. The molecule has 0 aliphatic carbocycles. The SMILES string of the molecule is CCOc1ccc2ccccc2c1C=C1C(=O)NC(=O)N(C)C1=O. The van der Waals surface area contributed by atoms with Crippen LogP contribution in [0.4, 0.5) is 4.79 Å². The Bertz CT molecular complexity index is 886. The van der Waals surface area contributed by atoms with E-state index in [9.17, 15) is 14.4 Å². The second-order valence-corrected chi connectivity index (χ2v) is 5.31. The largest absolute Gasteiger partial charge is 0.493 e. The topological polar surface area (TPSA) is 75.7 Å². The van der Waals surface area contributed by atoms with Crippen LogP contribution in [-0.2, 0) is 9.59 Å². The van der Waals surface area contributed by atoms with Crippen LogP contribution in [-0.4, -0.2) is 36.4 Å². The van der Waals surface area contributed by atoms with Gasteiger partial charge in [-0.15, -0.1) is 0 Å². The van der Waals surface area contributed by atoms with E-state index in [1.807, 2.05) is 37.3 Å². The molecular weight excluding hydrogens is 308 g/mol. The normalized spacial score (nSPS) is 16.7. The molecule has 1 saturated heterocycles. The molecule has 1 N–H and O–H groups in total. The number of ether oxygens (including phenoxy) is 1. The standard InChI is InChI=1S/C18H16N2O4/c1-3-24-15-9-8-11-6-4-5-7-12(11)13(15)10-14-16(21)19-18(23)20(2)17(14)22/h4-10H,3H2,1-2H3,(H,19,21,23). The maximum absolute atomic E-state index is 12.3. The highest BCUT2D eigenvalue weighted by Gasteiger charge is 2.33. The molecule has 0 radical (unpaired) electrons. The Hall–Kier alpha value is -3.15. The molecule has 1 fully saturated rings. The minimum Gasteiger partial charge on any atom is -0.493 e. The Labute approximate surface area is 138 Å². The number of carbonyl (C=O) groups is 3. The van der Waals surface area contributed by atoms with Gasteiger partial charge in [0, 0.05) is 12.6 Å². The van der Waals surface area contributed by atoms with Gasteiger partial charge in [0.05, 0.1) is 6.61 Å². The predicted molar refractivity (Wildman–Crippen MR) is 89.4 cm³/mol. The molecule has 2 aromatic rings. The van der Waals surface area contributed by atoms with E-state index >= 15 is 0 Å². The highest BCUT2D eigenvalue weighted by atomic mass is 16.5. The number of imide groups is 2. The summed E-state index contributed by atoms with van der Waals surface area (Å²) in [4.78, 5) is 36.8. The van der Waals surface area contributed by atoms with Crippen LogP contribution in [0.3, 0.4) is 0 Å². The number of nitrogens with one attached hydrogen (secondary N) is 1. The second kappa shape index (κ2) is 6.16. The van der Waals surface area contributed by atoms with Gasteiger partial charge in [0.25, 0.3) is 11.8 Å². The number of fused-ring (bicyclic) bond motifs is 1. The number of carbonyl (C=O) groups excluding carboxylic acids is 3. The number of barbiturate groups is 1. The summed E-state index contributed by atoms with van der Waals surface area (Å²) in [6.45, 7) is 2.31. The predicted octanol–water partition coefficient (Wildman–Crippen LogP) is 2.33. The van der Waals surface area contributed by atoms with Crippen molar-refractivity contribution >= 4 is 34.7 Å². The molecule has 4 amide bonds. The fourth-order valence-corrected chi connectivity index (χ4v) is 2.60. The highest BCUT2D eigenvalue weighted by molar-refractivity contribution is 6.31. The van der Waals surface area contributed by atoms with Gasteiger partial charge in [-0.1, -0.05) is 30.3 Å². The van der Waals surface area contributed by atoms with Gasteiger partial charge in [-0.25, -0.2) is 4.79 Å². The molecule has 1 aliphatic rings. The van der Waals surface area contributed by atoms with E-state index < -0.39 is 17.8 Å². The van der Waals surface area contributed by atoms with Crippen molar-refractivity contribution in [1.82, 2.24) is 10.2 Å². The van der Waals surface area contributed by atoms with Crippen molar-refractivity contribution in [2.24, 2.45) is 0 Å². The van der Waals surface area contributed by atoms with Crippen LogP contribution in [0.1, 0.15) is 12.5 Å². The van der Waals surface area contributed by atoms with Crippen molar-refractivity contribution in [2.45, 2.75) is 6.92 Å². The molecule has 6 nitrogen and oxygen atoms in total. The van der Waals surface area contributed by atoms with Crippen LogP contribution >= 0.6 is 0 Å². The third-order valence-corrected chi connectivity index (χ3v) is 3.82. The summed E-state index contributed by atoms with van der Waals surface area (Å²) in [5.41, 5.74) is 0.533. The quantitative estimate of drug-likeness (QED) is 0.694. The molecule has 3 rings (SSSR count). The van der Waals surface area contributed by atoms with Crippen molar-refractivity contribution < 1.29 is 19.1 Å². The fourth-order valence-electron chi connectivity index (χ4n) is 2.60. The lowest BCUT2D eigenvalue weighted by Crippen LogP contribution is -2.52. The first-order valence-electron chi connectivity index (χ1n) is 7.52. The lowest BCUT2D eigenvalue weighted by atomic mass is 10.00. The number of hydrogen-bond donors (Lipinski definition) is 1. The summed E-state index contributed by atoms with van der Waals surface area (Å²) < 4.78 is 5.64. The lowest BCUT2D eigenvalue weighted by Gasteiger charge is -2.22. The number of rotatable bonds is 3. The Morgan fingerprint density at radius 2 is 1.88 bits per heavy atom. The first-order valence-corrected chi connectivity index (χ1v) is 7.52. The minimum atomic E-state index is -0.731. The van der Waals surface area contributed by atoms with Gasteiger partial charge in [-0.2, -0.15) is 0 Å². The second-order valence-electron chi connectivity index (χ2n) is 5.31. The van der Waals surface area contributed by atoms with Crippen LogP contribution in [0.15, 0.2) is 42.0 Å². The van der Waals surface area contributed by atoms with E-state index in [-0.39, 0.29) is 5.57 Å². The molecule has 122 valence electrons. The van der Waals surface area contributed by atoms with E-state index in [0.717, 1.165) is 15.7 Å². The van der Waals surface area contributed by atoms with E-state index in [1.54, 1.807) is 6.07 Å². The van der Waals surface area contributed by atoms with Gasteiger partial charge in [0.15, 0.2) is 0 Å². The van der Waals surface area contributed by atoms with Crippen LogP contribution in [0.5, 0.6) is 5.75 Å². The van der Waals surface area contributed by atoms with Crippen LogP contribution in [0.2, 0.25) is 0 Å². The Balaban J connectivity index is 2.21. The molecular formula is C18H16N2O4. The molecule has 0 aromatic heterocycles. The first kappa shape index (κ1) is 15.7. The minimum absolute atomic E-state index is 0.102. The van der Waals surface area contributed by atoms with Crippen LogP contribution in [0.25, 0.3) is 16.8 Å². The van der Waals surface area contributed by atoms with Crippen LogP contribution in [0, 0.1) is 0 Å². The van der Waals surface area contributed by atoms with Gasteiger partial charge in [-0.3, -0.25) is 19.8 Å². The summed E-state index contributed by atoms with van der Waals surface area (Å²) in [7, 11) is 1.32. The average molecular weight is 324 g/mol. The van der Waals surface area contributed by atoms with Crippen molar-refractivity contribution in [3.05, 3.63) is 47.5 Å². The molecule has 24 heavy (non-hydrogen) atoms. The van der Waals surface area contributed by atoms with E-state index in [0.29, 0.717) is 17.9 Å².